The van der Waals surface area contributed by atoms with E-state index in [9.17, 15) is 4.79 Å². The van der Waals surface area contributed by atoms with E-state index in [-0.39, 0.29) is 5.97 Å². The summed E-state index contributed by atoms with van der Waals surface area (Å²) in [6, 6.07) is 0. The molecule has 100 valence electrons. The average Bonchev–Trinajstić information content (AvgIpc) is 2.33. The Morgan fingerprint density at radius 3 is 2.59 bits per heavy atom. The zero-order chi connectivity index (χ0) is 12.8. The first-order valence-electron chi connectivity index (χ1n) is 6.78. The molecule has 0 amide bonds. The van der Waals surface area contributed by atoms with Crippen LogP contribution in [0.2, 0.25) is 0 Å². The van der Waals surface area contributed by atoms with E-state index >= 15 is 0 Å². The number of unbranched alkanes of at least 4 members (excludes halogenated alkanes) is 4. The van der Waals surface area contributed by atoms with E-state index in [2.05, 4.69) is 30.9 Å². The first-order valence-corrected chi connectivity index (χ1v) is 6.78. The highest BCUT2D eigenvalue weighted by atomic mass is 17.2. The third kappa shape index (κ3) is 13.1. The Hall–Kier alpha value is -0.830. The molecule has 0 aromatic carbocycles. The van der Waals surface area contributed by atoms with Crippen molar-refractivity contribution >= 4 is 5.97 Å². The zero-order valence-electron chi connectivity index (χ0n) is 11.2. The summed E-state index contributed by atoms with van der Waals surface area (Å²) in [4.78, 5) is 20.7. The molecule has 0 bridgehead atoms. The van der Waals surface area contributed by atoms with Crippen molar-refractivity contribution in [1.82, 2.24) is 0 Å². The second kappa shape index (κ2) is 13.2. The minimum absolute atomic E-state index is 0.246. The highest BCUT2D eigenvalue weighted by Gasteiger charge is 2.02. The summed E-state index contributed by atoms with van der Waals surface area (Å²) in [5.74, 6) is -0.246. The molecule has 0 heterocycles. The van der Waals surface area contributed by atoms with Gasteiger partial charge in [-0.3, -0.25) is 4.89 Å². The maximum atomic E-state index is 11.1. The van der Waals surface area contributed by atoms with Crippen molar-refractivity contribution in [2.45, 2.75) is 65.2 Å². The SMILES string of the molecule is CC/C=C\CCCCOOC(=O)CCCCC. The van der Waals surface area contributed by atoms with Gasteiger partial charge in [-0.05, 0) is 32.1 Å². The van der Waals surface area contributed by atoms with Crippen molar-refractivity contribution in [2.75, 3.05) is 6.61 Å². The number of hydrogen-bond donors (Lipinski definition) is 0. The summed E-state index contributed by atoms with van der Waals surface area (Å²) in [6.45, 7) is 4.73. The fraction of sp³-hybridized carbons (Fsp3) is 0.786. The number of allylic oxidation sites excluding steroid dienone is 2. The Kier molecular flexibility index (Phi) is 12.6. The van der Waals surface area contributed by atoms with Gasteiger partial charge in [0, 0.05) is 6.42 Å². The Balaban J connectivity index is 3.16. The summed E-state index contributed by atoms with van der Waals surface area (Å²) in [6.07, 6.45) is 12.0. The maximum absolute atomic E-state index is 11.1. The first kappa shape index (κ1) is 16.2. The fourth-order valence-electron chi connectivity index (χ4n) is 1.38. The Labute approximate surface area is 105 Å². The Morgan fingerprint density at radius 2 is 1.88 bits per heavy atom. The largest absolute Gasteiger partial charge is 0.342 e. The van der Waals surface area contributed by atoms with Gasteiger partial charge >= 0.3 is 5.97 Å². The quantitative estimate of drug-likeness (QED) is 0.236. The van der Waals surface area contributed by atoms with Crippen LogP contribution in [0.3, 0.4) is 0 Å². The van der Waals surface area contributed by atoms with Crippen LogP contribution < -0.4 is 0 Å². The second-order valence-corrected chi connectivity index (χ2v) is 4.11. The highest BCUT2D eigenvalue weighted by molar-refractivity contribution is 5.68. The molecule has 0 aliphatic carbocycles. The van der Waals surface area contributed by atoms with Crippen LogP contribution in [0.1, 0.15) is 65.2 Å². The molecule has 0 rings (SSSR count). The zero-order valence-corrected chi connectivity index (χ0v) is 11.2. The molecule has 17 heavy (non-hydrogen) atoms. The van der Waals surface area contributed by atoms with Gasteiger partial charge in [0.1, 0.15) is 0 Å². The van der Waals surface area contributed by atoms with Gasteiger partial charge in [-0.1, -0.05) is 38.8 Å². The van der Waals surface area contributed by atoms with Crippen molar-refractivity contribution in [1.29, 1.82) is 0 Å². The molecule has 0 aromatic rings. The van der Waals surface area contributed by atoms with Gasteiger partial charge in [0.05, 0.1) is 6.61 Å². The van der Waals surface area contributed by atoms with E-state index in [1.165, 1.54) is 0 Å². The van der Waals surface area contributed by atoms with Crippen LogP contribution in [-0.2, 0) is 14.6 Å². The molecule has 0 atom stereocenters. The van der Waals surface area contributed by atoms with Crippen molar-refractivity contribution in [2.24, 2.45) is 0 Å². The van der Waals surface area contributed by atoms with Crippen LogP contribution in [-0.4, -0.2) is 12.6 Å². The maximum Gasteiger partial charge on any atom is 0.342 e. The first-order chi connectivity index (χ1) is 8.31. The highest BCUT2D eigenvalue weighted by Crippen LogP contribution is 2.02. The van der Waals surface area contributed by atoms with Gasteiger partial charge in [0.2, 0.25) is 0 Å². The molecule has 0 aliphatic heterocycles. The molecule has 3 heteroatoms. The van der Waals surface area contributed by atoms with Gasteiger partial charge < -0.3 is 0 Å². The molecule has 0 N–H and O–H groups in total. The lowest BCUT2D eigenvalue weighted by molar-refractivity contribution is -0.272. The summed E-state index contributed by atoms with van der Waals surface area (Å²) in [7, 11) is 0. The summed E-state index contributed by atoms with van der Waals surface area (Å²) in [5.41, 5.74) is 0. The number of carbonyl (C=O) groups excluding carboxylic acids is 1. The smallest absolute Gasteiger partial charge is 0.298 e. The average molecular weight is 242 g/mol. The van der Waals surface area contributed by atoms with E-state index in [0.29, 0.717) is 13.0 Å². The summed E-state index contributed by atoms with van der Waals surface area (Å²) in [5, 5.41) is 0. The molecule has 0 spiro atoms. The van der Waals surface area contributed by atoms with E-state index in [0.717, 1.165) is 44.9 Å². The molecule has 0 radical (unpaired) electrons. The van der Waals surface area contributed by atoms with Crippen molar-refractivity contribution in [3.63, 3.8) is 0 Å². The van der Waals surface area contributed by atoms with Gasteiger partial charge in [-0.2, -0.15) is 4.89 Å². The number of carbonyl (C=O) groups is 1. The lowest BCUT2D eigenvalue weighted by atomic mass is 10.2. The summed E-state index contributed by atoms with van der Waals surface area (Å²) >= 11 is 0. The summed E-state index contributed by atoms with van der Waals surface area (Å²) < 4.78 is 0. The van der Waals surface area contributed by atoms with Crippen LogP contribution in [0.5, 0.6) is 0 Å². The Morgan fingerprint density at radius 1 is 1.06 bits per heavy atom. The lowest BCUT2D eigenvalue weighted by Crippen LogP contribution is -2.06. The Bertz CT molecular complexity index is 200. The molecular formula is C14H26O3. The van der Waals surface area contributed by atoms with Crippen LogP contribution in [0.4, 0.5) is 0 Å². The van der Waals surface area contributed by atoms with Gasteiger partial charge in [0.15, 0.2) is 0 Å². The molecule has 0 saturated carbocycles. The third-order valence-electron chi connectivity index (χ3n) is 2.39. The standard InChI is InChI=1S/C14H26O3/c1-3-5-7-8-9-11-13-16-17-14(15)12-10-6-4-2/h5,7H,3-4,6,8-13H2,1-2H3/b7-5-. The number of hydrogen-bond acceptors (Lipinski definition) is 3. The van der Waals surface area contributed by atoms with Gasteiger partial charge in [-0.15, -0.1) is 0 Å². The lowest BCUT2D eigenvalue weighted by Gasteiger charge is -2.02. The van der Waals surface area contributed by atoms with E-state index in [1.54, 1.807) is 0 Å². The van der Waals surface area contributed by atoms with Crippen molar-refractivity contribution in [3.8, 4) is 0 Å². The van der Waals surface area contributed by atoms with Gasteiger partial charge in [-0.25, -0.2) is 4.79 Å². The molecule has 0 saturated heterocycles. The van der Waals surface area contributed by atoms with Crippen LogP contribution in [0.15, 0.2) is 12.2 Å². The minimum atomic E-state index is -0.246. The predicted molar refractivity (Wildman–Crippen MR) is 69.5 cm³/mol. The van der Waals surface area contributed by atoms with Crippen LogP contribution in [0, 0.1) is 0 Å². The fourth-order valence-corrected chi connectivity index (χ4v) is 1.38. The molecular weight excluding hydrogens is 216 g/mol. The van der Waals surface area contributed by atoms with Crippen molar-refractivity contribution < 1.29 is 14.6 Å². The van der Waals surface area contributed by atoms with Crippen molar-refractivity contribution in [3.05, 3.63) is 12.2 Å². The van der Waals surface area contributed by atoms with E-state index in [4.69, 9.17) is 4.89 Å². The molecule has 0 aliphatic rings. The van der Waals surface area contributed by atoms with Crippen LogP contribution in [0.25, 0.3) is 0 Å². The molecule has 0 unspecified atom stereocenters. The topological polar surface area (TPSA) is 35.5 Å². The normalized spacial score (nSPS) is 10.9. The molecule has 3 nitrogen and oxygen atoms in total. The molecule has 0 aromatic heterocycles. The monoisotopic (exact) mass is 242 g/mol. The van der Waals surface area contributed by atoms with Gasteiger partial charge in [0.25, 0.3) is 0 Å². The number of rotatable bonds is 11. The predicted octanol–water partition coefficient (Wildman–Crippen LogP) is 4.18. The van der Waals surface area contributed by atoms with Crippen LogP contribution >= 0.6 is 0 Å². The second-order valence-electron chi connectivity index (χ2n) is 4.11. The van der Waals surface area contributed by atoms with E-state index < -0.39 is 0 Å². The molecule has 0 fully saturated rings. The third-order valence-corrected chi connectivity index (χ3v) is 2.39. The minimum Gasteiger partial charge on any atom is -0.298 e. The van der Waals surface area contributed by atoms with E-state index in [1.807, 2.05) is 0 Å².